The molecule has 0 unspecified atom stereocenters. The van der Waals surface area contributed by atoms with Crippen molar-refractivity contribution >= 4 is 35.0 Å². The molecule has 8 nitrogen and oxygen atoms in total. The van der Waals surface area contributed by atoms with Crippen molar-refractivity contribution < 1.29 is 19.2 Å². The van der Waals surface area contributed by atoms with Crippen LogP contribution in [0, 0.1) is 0 Å². The van der Waals surface area contributed by atoms with Gasteiger partial charge in [-0.05, 0) is 48.2 Å². The van der Waals surface area contributed by atoms with Gasteiger partial charge in [0.05, 0.1) is 22.5 Å². The van der Waals surface area contributed by atoms with Crippen molar-refractivity contribution in [3.63, 3.8) is 0 Å². The molecule has 36 heavy (non-hydrogen) atoms. The fraction of sp³-hybridized carbons (Fsp3) is 0.286. The lowest BCUT2D eigenvalue weighted by atomic mass is 10.0. The van der Waals surface area contributed by atoms with Crippen molar-refractivity contribution in [3.8, 4) is 0 Å². The summed E-state index contributed by atoms with van der Waals surface area (Å²) < 4.78 is 0. The molecule has 2 aliphatic rings. The number of hydrogen-bond acceptors (Lipinski definition) is 4. The first-order valence-corrected chi connectivity index (χ1v) is 12.3. The summed E-state index contributed by atoms with van der Waals surface area (Å²) in [4.78, 5) is 50.3. The van der Waals surface area contributed by atoms with E-state index in [-0.39, 0.29) is 34.8 Å². The van der Waals surface area contributed by atoms with E-state index in [4.69, 9.17) is 0 Å². The lowest BCUT2D eigenvalue weighted by Gasteiger charge is -2.09. The van der Waals surface area contributed by atoms with Gasteiger partial charge in [0.1, 0.15) is 0 Å². The summed E-state index contributed by atoms with van der Waals surface area (Å²) in [5.74, 6) is -1.08. The second-order valence-electron chi connectivity index (χ2n) is 8.78. The van der Waals surface area contributed by atoms with Crippen molar-refractivity contribution in [2.24, 2.45) is 0 Å². The van der Waals surface area contributed by atoms with Gasteiger partial charge >= 0.3 is 0 Å². The van der Waals surface area contributed by atoms with Gasteiger partial charge in [-0.25, -0.2) is 0 Å². The van der Waals surface area contributed by atoms with Gasteiger partial charge in [0.2, 0.25) is 0 Å². The molecule has 2 aromatic carbocycles. The Morgan fingerprint density at radius 1 is 0.639 bits per heavy atom. The summed E-state index contributed by atoms with van der Waals surface area (Å²) in [7, 11) is 0. The average molecular weight is 487 g/mol. The largest absolute Gasteiger partial charge is 0.352 e. The fourth-order valence-electron chi connectivity index (χ4n) is 4.15. The summed E-state index contributed by atoms with van der Waals surface area (Å²) >= 11 is 0. The number of nitrogens with one attached hydrogen (secondary N) is 4. The third kappa shape index (κ3) is 5.07. The number of carbonyl (C=O) groups is 4. The van der Waals surface area contributed by atoms with E-state index in [0.717, 1.165) is 25.7 Å². The van der Waals surface area contributed by atoms with Gasteiger partial charge in [-0.2, -0.15) is 0 Å². The first-order chi connectivity index (χ1) is 17.4. The van der Waals surface area contributed by atoms with E-state index in [9.17, 15) is 19.2 Å². The SMILES string of the molecule is CCCCNC(=O)c1ccc(C2=C3C(=O)NC(c4ccc(C(=O)NCCCC)cc4)=C3C(=O)N2)cc1. The number of benzene rings is 2. The maximum Gasteiger partial charge on any atom is 0.258 e. The van der Waals surface area contributed by atoms with Crippen LogP contribution in [0.2, 0.25) is 0 Å². The predicted octanol–water partition coefficient (Wildman–Crippen LogP) is 3.13. The van der Waals surface area contributed by atoms with Crippen LogP contribution in [0.25, 0.3) is 11.4 Å². The Hall–Kier alpha value is -4.20. The molecule has 2 aromatic rings. The molecule has 0 aromatic heterocycles. The summed E-state index contributed by atoms with van der Waals surface area (Å²) in [6.07, 6.45) is 3.81. The number of amides is 4. The first kappa shape index (κ1) is 24.9. The maximum absolute atomic E-state index is 12.9. The minimum absolute atomic E-state index is 0.160. The van der Waals surface area contributed by atoms with Gasteiger partial charge in [-0.3, -0.25) is 19.2 Å². The monoisotopic (exact) mass is 486 g/mol. The molecule has 4 N–H and O–H groups in total. The second-order valence-corrected chi connectivity index (χ2v) is 8.78. The molecule has 186 valence electrons. The van der Waals surface area contributed by atoms with Crippen LogP contribution in [-0.4, -0.2) is 36.7 Å². The smallest absolute Gasteiger partial charge is 0.258 e. The van der Waals surface area contributed by atoms with Crippen LogP contribution in [0.4, 0.5) is 0 Å². The van der Waals surface area contributed by atoms with Crippen molar-refractivity contribution in [2.75, 3.05) is 13.1 Å². The number of fused-ring (bicyclic) bond motifs is 1. The van der Waals surface area contributed by atoms with E-state index in [2.05, 4.69) is 35.1 Å². The molecule has 0 bridgehead atoms. The van der Waals surface area contributed by atoms with E-state index in [1.54, 1.807) is 48.5 Å². The molecule has 0 saturated carbocycles. The van der Waals surface area contributed by atoms with E-state index < -0.39 is 0 Å². The van der Waals surface area contributed by atoms with Crippen LogP contribution in [-0.2, 0) is 9.59 Å². The van der Waals surface area contributed by atoms with Gasteiger partial charge in [-0.15, -0.1) is 0 Å². The van der Waals surface area contributed by atoms with Crippen molar-refractivity contribution in [3.05, 3.63) is 81.9 Å². The zero-order valence-electron chi connectivity index (χ0n) is 20.5. The van der Waals surface area contributed by atoms with Gasteiger partial charge in [0.25, 0.3) is 23.6 Å². The molecule has 0 spiro atoms. The zero-order chi connectivity index (χ0) is 25.7. The minimum atomic E-state index is -0.379. The van der Waals surface area contributed by atoms with Crippen LogP contribution in [0.3, 0.4) is 0 Å². The van der Waals surface area contributed by atoms with E-state index >= 15 is 0 Å². The Morgan fingerprint density at radius 3 is 1.33 bits per heavy atom. The van der Waals surface area contributed by atoms with Crippen LogP contribution < -0.4 is 21.3 Å². The Balaban J connectivity index is 1.57. The van der Waals surface area contributed by atoms with Crippen LogP contribution in [0.5, 0.6) is 0 Å². The highest BCUT2D eigenvalue weighted by Crippen LogP contribution is 2.37. The first-order valence-electron chi connectivity index (χ1n) is 12.3. The van der Waals surface area contributed by atoms with Gasteiger partial charge < -0.3 is 21.3 Å². The topological polar surface area (TPSA) is 116 Å². The molecule has 2 heterocycles. The summed E-state index contributed by atoms with van der Waals surface area (Å²) in [6.45, 7) is 5.35. The Morgan fingerprint density at radius 2 is 1.00 bits per heavy atom. The molecular weight excluding hydrogens is 456 g/mol. The van der Waals surface area contributed by atoms with Crippen molar-refractivity contribution in [1.82, 2.24) is 21.3 Å². The second kappa shape index (κ2) is 11.0. The third-order valence-corrected chi connectivity index (χ3v) is 6.18. The standard InChI is InChI=1S/C28H30N4O4/c1-3-5-15-29-25(33)19-11-7-17(8-12-19)23-21-22(28(36)31-23)24(32-27(21)35)18-9-13-20(14-10-18)26(34)30-16-6-4-2/h7-14H,3-6,15-16H2,1-2H3,(H,29,33)(H,30,34)(H,31,36)(H,32,35). The number of unbranched alkanes of at least 4 members (excludes halogenated alkanes) is 2. The molecule has 0 radical (unpaired) electrons. The van der Waals surface area contributed by atoms with Crippen LogP contribution in [0.15, 0.2) is 59.7 Å². The third-order valence-electron chi connectivity index (χ3n) is 6.18. The van der Waals surface area contributed by atoms with Gasteiger partial charge in [0.15, 0.2) is 0 Å². The molecule has 0 aliphatic carbocycles. The minimum Gasteiger partial charge on any atom is -0.352 e. The highest BCUT2D eigenvalue weighted by molar-refractivity contribution is 6.30. The maximum atomic E-state index is 12.9. The van der Waals surface area contributed by atoms with Gasteiger partial charge in [0, 0.05) is 24.2 Å². The highest BCUT2D eigenvalue weighted by atomic mass is 16.2. The molecule has 0 fully saturated rings. The molecule has 8 heteroatoms. The quantitative estimate of drug-likeness (QED) is 0.386. The summed E-state index contributed by atoms with van der Waals surface area (Å²) in [6, 6.07) is 13.6. The Labute approximate surface area is 210 Å². The predicted molar refractivity (Wildman–Crippen MR) is 137 cm³/mol. The number of rotatable bonds is 10. The lowest BCUT2D eigenvalue weighted by Crippen LogP contribution is -2.24. The van der Waals surface area contributed by atoms with Crippen molar-refractivity contribution in [1.29, 1.82) is 0 Å². The van der Waals surface area contributed by atoms with E-state index in [1.807, 2.05) is 0 Å². The lowest BCUT2D eigenvalue weighted by molar-refractivity contribution is -0.117. The molecule has 2 aliphatic heterocycles. The Bertz CT molecular complexity index is 1160. The van der Waals surface area contributed by atoms with Gasteiger partial charge in [-0.1, -0.05) is 51.0 Å². The number of hydrogen-bond donors (Lipinski definition) is 4. The molecular formula is C28H30N4O4. The molecule has 4 rings (SSSR count). The Kier molecular flexibility index (Phi) is 7.63. The van der Waals surface area contributed by atoms with E-state index in [0.29, 0.717) is 46.7 Å². The zero-order valence-corrected chi connectivity index (χ0v) is 20.5. The normalized spacial score (nSPS) is 14.5. The highest BCUT2D eigenvalue weighted by Gasteiger charge is 2.40. The molecule has 4 amide bonds. The fourth-order valence-corrected chi connectivity index (χ4v) is 4.15. The molecule has 0 saturated heterocycles. The summed E-state index contributed by atoms with van der Waals surface area (Å²) in [5, 5.41) is 11.4. The van der Waals surface area contributed by atoms with Crippen LogP contribution >= 0.6 is 0 Å². The van der Waals surface area contributed by atoms with E-state index in [1.165, 1.54) is 0 Å². The van der Waals surface area contributed by atoms with Crippen LogP contribution in [0.1, 0.15) is 71.4 Å². The summed E-state index contributed by atoms with van der Waals surface area (Å²) in [5.41, 5.74) is 3.66. The number of carbonyl (C=O) groups excluding carboxylic acids is 4. The molecule has 0 atom stereocenters. The van der Waals surface area contributed by atoms with Crippen molar-refractivity contribution in [2.45, 2.75) is 39.5 Å². The average Bonchev–Trinajstić information content (AvgIpc) is 3.42.